The Labute approximate surface area is 533 Å². The van der Waals surface area contributed by atoms with Crippen molar-refractivity contribution in [3.8, 4) is 5.75 Å². The number of ether oxygens (including phenoxy) is 5. The zero-order valence-electron chi connectivity index (χ0n) is 51.7. The van der Waals surface area contributed by atoms with Crippen molar-refractivity contribution in [1.82, 2.24) is 28.7 Å². The lowest BCUT2D eigenvalue weighted by molar-refractivity contribution is -0.213. The normalized spacial score (nSPS) is 29.7. The predicted octanol–water partition coefficient (Wildman–Crippen LogP) is 2.71. The van der Waals surface area contributed by atoms with Crippen molar-refractivity contribution in [3.63, 3.8) is 0 Å². The van der Waals surface area contributed by atoms with Crippen molar-refractivity contribution in [2.75, 3.05) is 19.8 Å². The molecule has 9 rings (SSSR count). The van der Waals surface area contributed by atoms with Crippen LogP contribution >= 0.6 is 7.75 Å². The largest absolute Gasteiger partial charge is 0.462 e. The van der Waals surface area contributed by atoms with Crippen molar-refractivity contribution in [3.05, 3.63) is 181 Å². The number of aromatic nitrogens is 4. The monoisotopic (exact) mass is 1340 g/mol. The number of benzene rings is 3. The van der Waals surface area contributed by atoms with Gasteiger partial charge in [0.25, 0.3) is 28.7 Å². The summed E-state index contributed by atoms with van der Waals surface area (Å²) in [6, 6.07) is 24.1. The number of rotatable bonds is 20. The number of esters is 2. The van der Waals surface area contributed by atoms with Gasteiger partial charge in [-0.3, -0.25) is 52.3 Å². The second kappa shape index (κ2) is 29.3. The summed E-state index contributed by atoms with van der Waals surface area (Å²) in [6.45, 7) is 6.96. The smallest absolute Gasteiger partial charge is 0.459 e. The highest BCUT2D eigenvalue weighted by Crippen LogP contribution is 2.54. The number of allylic oxidation sites excluding steroid dienone is 1. The molecule has 0 unspecified atom stereocenters. The van der Waals surface area contributed by atoms with Crippen LogP contribution in [0.3, 0.4) is 0 Å². The highest BCUT2D eigenvalue weighted by molar-refractivity contribution is 7.52. The molecule has 3 saturated heterocycles. The van der Waals surface area contributed by atoms with Crippen LogP contribution in [0.25, 0.3) is 0 Å². The number of nitrogens with zero attached hydrogens (tertiary/aromatic N) is 4. The molecule has 0 bridgehead atoms. The number of aliphatic hydroxyl groups excluding tert-OH is 4. The van der Waals surface area contributed by atoms with Crippen LogP contribution in [0.5, 0.6) is 5.75 Å². The molecule has 2 aromatic heterocycles. The zero-order valence-corrected chi connectivity index (χ0v) is 52.6. The number of nitrogens with one attached hydrogen (secondary N) is 2. The Hall–Kier alpha value is -8.11. The lowest BCUT2D eigenvalue weighted by atomic mass is 9.82. The standard InChI is InChI=1S/C26H25FN2O7.C23H31FN3O10P.C12H16FNO6/c1-3-25(35-22(33)19-12-8-5-9-13-19)17(2)26(27,16-30)36-23(25)28-15-14-20(31)29(24(28)34)21(32)18-10-6-4-7-11-18;1-5-22(32)19(30)23(24,36-20(22)27-12-11-17(28)25-21(27)31)13-34-38(33,37-16-9-7-6-8-10-16)26-15(4)18(29)35-14(2)3;1-2-11(19)9(18)12(13,6-15)20-10(11)14-4-3-7(16)5-8(14)17/h4-15,17,23,30H,3,16H2,1-2H3;6-12,14-15,19-20,30,32H,5,13H2,1-4H3,(H,26,33)(H,25,28,31);3-4,9-10,15,18-19H,2,5-6H2,1H3/t17-,23+,25+,26+;15-,19-,20+,22+,23+,38-;9-,10+,11+,12+/m000/s1. The molecule has 0 saturated carbocycles. The minimum absolute atomic E-state index is 0.0126. The highest BCUT2D eigenvalue weighted by Gasteiger charge is 2.68. The Balaban J connectivity index is 0.000000209. The molecule has 0 aliphatic carbocycles. The van der Waals surface area contributed by atoms with Gasteiger partial charge in [0.2, 0.25) is 11.8 Å². The van der Waals surface area contributed by atoms with Gasteiger partial charge in [0.15, 0.2) is 30.1 Å². The third kappa shape index (κ3) is 14.9. The van der Waals surface area contributed by atoms with Crippen LogP contribution in [0.2, 0.25) is 0 Å². The number of hydrogen-bond donors (Lipinski definition) is 8. The van der Waals surface area contributed by atoms with Gasteiger partial charge in [-0.2, -0.15) is 9.65 Å². The molecule has 4 aliphatic rings. The average Bonchev–Trinajstić information content (AvgIpc) is 1.57. The Morgan fingerprint density at radius 3 is 1.79 bits per heavy atom. The molecule has 3 fully saturated rings. The molecule has 8 N–H and O–H groups in total. The third-order valence-corrected chi connectivity index (χ3v) is 17.7. The van der Waals surface area contributed by atoms with Gasteiger partial charge >= 0.3 is 31.1 Å². The van der Waals surface area contributed by atoms with E-state index in [0.29, 0.717) is 9.13 Å². The van der Waals surface area contributed by atoms with Gasteiger partial charge in [0, 0.05) is 36.3 Å². The first kappa shape index (κ1) is 73.3. The number of carbonyl (C=O) groups is 5. The van der Waals surface area contributed by atoms with Gasteiger partial charge in [-0.15, -0.1) is 0 Å². The Kier molecular flexibility index (Phi) is 22.8. The Bertz CT molecular complexity index is 3880. The average molecular weight is 1350 g/mol. The van der Waals surface area contributed by atoms with E-state index in [9.17, 15) is 77.6 Å². The molecule has 3 aromatic carbocycles. The molecular formula is C61H72F3N6O23P. The van der Waals surface area contributed by atoms with E-state index in [4.69, 9.17) is 37.8 Å². The number of H-pyrrole nitrogens is 1. The van der Waals surface area contributed by atoms with Crippen LogP contribution in [0.1, 0.15) is 107 Å². The van der Waals surface area contributed by atoms with Crippen LogP contribution in [-0.2, 0) is 47.2 Å². The number of aromatic amines is 1. The summed E-state index contributed by atoms with van der Waals surface area (Å²) in [5, 5.41) is 63.3. The number of ketones is 1. The summed E-state index contributed by atoms with van der Waals surface area (Å²) in [5.41, 5.74) is -9.71. The van der Waals surface area contributed by atoms with Gasteiger partial charge in [0.1, 0.15) is 55.0 Å². The molecule has 14 atom stereocenters. The fraction of sp³-hybridized carbons (Fsp3) is 0.459. The molecule has 4 aliphatic heterocycles. The molecule has 0 radical (unpaired) electrons. The van der Waals surface area contributed by atoms with E-state index >= 15 is 8.78 Å². The maximum Gasteiger partial charge on any atom is 0.459 e. The van der Waals surface area contributed by atoms with Gasteiger partial charge in [0.05, 0.1) is 24.0 Å². The van der Waals surface area contributed by atoms with Gasteiger partial charge < -0.3 is 58.8 Å². The van der Waals surface area contributed by atoms with Crippen LogP contribution in [0.15, 0.2) is 147 Å². The molecule has 33 heteroatoms. The van der Waals surface area contributed by atoms with Crippen molar-refractivity contribution < 1.29 is 105 Å². The van der Waals surface area contributed by atoms with Crippen molar-refractivity contribution in [2.45, 2.75) is 152 Å². The number of alkyl halides is 3. The topological polar surface area (TPSA) is 403 Å². The molecule has 510 valence electrons. The van der Waals surface area contributed by atoms with E-state index in [1.165, 1.54) is 64.1 Å². The summed E-state index contributed by atoms with van der Waals surface area (Å²) < 4.78 is 98.9. The molecule has 5 aromatic rings. The number of amides is 1. The lowest BCUT2D eigenvalue weighted by Crippen LogP contribution is -2.56. The second-order valence-corrected chi connectivity index (χ2v) is 24.2. The van der Waals surface area contributed by atoms with E-state index in [0.717, 1.165) is 46.3 Å². The van der Waals surface area contributed by atoms with Gasteiger partial charge in [-0.25, -0.2) is 32.1 Å². The summed E-state index contributed by atoms with van der Waals surface area (Å²) in [6.07, 6.45) is -6.32. The van der Waals surface area contributed by atoms with Crippen LogP contribution < -0.4 is 32.1 Å². The molecular weight excluding hydrogens is 1270 g/mol. The summed E-state index contributed by atoms with van der Waals surface area (Å²) >= 11 is 0. The molecule has 6 heterocycles. The minimum Gasteiger partial charge on any atom is -0.462 e. The molecule has 94 heavy (non-hydrogen) atoms. The first-order chi connectivity index (χ1) is 44.2. The quantitative estimate of drug-likeness (QED) is 0.0315. The van der Waals surface area contributed by atoms with E-state index in [1.807, 2.05) is 4.98 Å². The SMILES string of the molecule is CC[C@]1(O)[C@H](N2C=CC(=O)CC2=O)O[C@](F)(CO)[C@H]1O.CC[C@]1(O)[C@H](n2ccc(=O)[nH]c2=O)O[C@](F)(CO[P@@](=O)(N[C@@H](C)C(=O)OC(C)C)Oc2ccccc2)[C@H]1O.CC[C@]1(OC(=O)c2ccccc2)[C@H](n2ccc(=O)n(C(=O)c3ccccc3)c2=O)O[C@](F)(CO)[C@H]1C. The van der Waals surface area contributed by atoms with Crippen molar-refractivity contribution in [2.24, 2.45) is 5.92 Å². The number of aliphatic hydroxyl groups is 6. The predicted molar refractivity (Wildman–Crippen MR) is 320 cm³/mol. The highest BCUT2D eigenvalue weighted by atomic mass is 31.2. The summed E-state index contributed by atoms with van der Waals surface area (Å²) in [5.74, 6) is -13.5. The van der Waals surface area contributed by atoms with Crippen LogP contribution in [0.4, 0.5) is 13.2 Å². The van der Waals surface area contributed by atoms with E-state index < -0.39 is 169 Å². The fourth-order valence-corrected chi connectivity index (χ4v) is 12.2. The van der Waals surface area contributed by atoms with Crippen LogP contribution in [0, 0.1) is 5.92 Å². The van der Waals surface area contributed by atoms with Crippen LogP contribution in [-0.4, -0.2) is 169 Å². The summed E-state index contributed by atoms with van der Waals surface area (Å²) in [4.78, 5) is 114. The van der Waals surface area contributed by atoms with E-state index in [2.05, 4.69) is 5.09 Å². The first-order valence-electron chi connectivity index (χ1n) is 29.4. The number of para-hydroxylation sites is 1. The van der Waals surface area contributed by atoms with E-state index in [1.54, 1.807) is 75.4 Å². The maximum absolute atomic E-state index is 16.0. The lowest BCUT2D eigenvalue weighted by Gasteiger charge is -2.36. The Morgan fingerprint density at radius 2 is 1.24 bits per heavy atom. The van der Waals surface area contributed by atoms with Crippen molar-refractivity contribution in [1.29, 1.82) is 0 Å². The summed E-state index contributed by atoms with van der Waals surface area (Å²) in [7, 11) is -4.55. The second-order valence-electron chi connectivity index (χ2n) is 22.5. The Morgan fingerprint density at radius 1 is 0.713 bits per heavy atom. The third-order valence-electron chi connectivity index (χ3n) is 16.1. The number of halogens is 3. The van der Waals surface area contributed by atoms with E-state index in [-0.39, 0.29) is 36.1 Å². The van der Waals surface area contributed by atoms with Crippen molar-refractivity contribution >= 4 is 37.3 Å². The zero-order chi connectivity index (χ0) is 69.5. The number of carbonyl (C=O) groups excluding carboxylic acids is 5. The fourth-order valence-electron chi connectivity index (χ4n) is 10.7. The molecule has 29 nitrogen and oxygen atoms in total. The maximum atomic E-state index is 16.0. The first-order valence-corrected chi connectivity index (χ1v) is 30.9. The van der Waals surface area contributed by atoms with Gasteiger partial charge in [-0.1, -0.05) is 82.3 Å². The number of hydrogen-bond acceptors (Lipinski definition) is 23. The minimum atomic E-state index is -4.55. The molecule has 1 amide bonds. The molecule has 0 spiro atoms. The van der Waals surface area contributed by atoms with Gasteiger partial charge in [-0.05, 0) is 82.5 Å².